The first-order valence-electron chi connectivity index (χ1n) is 8.77. The summed E-state index contributed by atoms with van der Waals surface area (Å²) in [6.45, 7) is 2.31. The second-order valence-corrected chi connectivity index (χ2v) is 8.62. The highest BCUT2D eigenvalue weighted by atomic mass is 32.2. The maximum absolute atomic E-state index is 12.7. The summed E-state index contributed by atoms with van der Waals surface area (Å²) >= 11 is 0. The first-order valence-corrected chi connectivity index (χ1v) is 10.2. The summed E-state index contributed by atoms with van der Waals surface area (Å²) in [7, 11) is -3.49. The molecule has 3 rings (SSSR count). The number of amides is 1. The number of carbonyl (C=O) groups excluding carboxylic acids is 1. The smallest absolute Gasteiger partial charge is 0.243 e. The summed E-state index contributed by atoms with van der Waals surface area (Å²) in [6.07, 6.45) is 3.49. The van der Waals surface area contributed by atoms with Gasteiger partial charge in [-0.15, -0.1) is 0 Å². The van der Waals surface area contributed by atoms with Crippen LogP contribution >= 0.6 is 0 Å². The first-order chi connectivity index (χ1) is 12.0. The summed E-state index contributed by atoms with van der Waals surface area (Å²) < 4.78 is 26.9. The molecular formula is C18H23N3O3S. The minimum atomic E-state index is -3.49. The van der Waals surface area contributed by atoms with Gasteiger partial charge in [-0.2, -0.15) is 9.57 Å². The normalized spacial score (nSPS) is 20.0. The van der Waals surface area contributed by atoms with Crippen molar-refractivity contribution in [2.24, 2.45) is 5.92 Å². The van der Waals surface area contributed by atoms with Gasteiger partial charge < -0.3 is 4.90 Å². The molecule has 1 amide bonds. The van der Waals surface area contributed by atoms with Crippen molar-refractivity contribution in [2.45, 2.75) is 37.0 Å². The highest BCUT2D eigenvalue weighted by Crippen LogP contribution is 2.23. The molecule has 25 heavy (non-hydrogen) atoms. The zero-order valence-corrected chi connectivity index (χ0v) is 15.0. The Kier molecular flexibility index (Phi) is 5.40. The second kappa shape index (κ2) is 7.54. The van der Waals surface area contributed by atoms with Gasteiger partial charge >= 0.3 is 0 Å². The van der Waals surface area contributed by atoms with E-state index in [0.29, 0.717) is 43.8 Å². The molecule has 2 aliphatic rings. The largest absolute Gasteiger partial charge is 0.342 e. The predicted molar refractivity (Wildman–Crippen MR) is 93.1 cm³/mol. The van der Waals surface area contributed by atoms with E-state index in [1.54, 1.807) is 12.1 Å². The van der Waals surface area contributed by atoms with Gasteiger partial charge in [0.2, 0.25) is 15.9 Å². The predicted octanol–water partition coefficient (Wildman–Crippen LogP) is 1.78. The van der Waals surface area contributed by atoms with E-state index in [2.05, 4.69) is 6.07 Å². The van der Waals surface area contributed by atoms with Crippen molar-refractivity contribution >= 4 is 15.9 Å². The Labute approximate surface area is 149 Å². The van der Waals surface area contributed by atoms with Crippen molar-refractivity contribution in [2.75, 3.05) is 26.2 Å². The summed E-state index contributed by atoms with van der Waals surface area (Å²) in [5.41, 5.74) is 1.03. The van der Waals surface area contributed by atoms with Gasteiger partial charge in [0.1, 0.15) is 0 Å². The zero-order chi connectivity index (χ0) is 17.9. The molecule has 1 aromatic rings. The van der Waals surface area contributed by atoms with Crippen LogP contribution in [0.25, 0.3) is 0 Å². The molecule has 6 nitrogen and oxygen atoms in total. The third-order valence-corrected chi connectivity index (χ3v) is 6.95. The summed E-state index contributed by atoms with van der Waals surface area (Å²) in [5.74, 6) is 0.169. The fraction of sp³-hybridized carbons (Fsp3) is 0.556. The molecule has 0 radical (unpaired) electrons. The number of piperidine rings is 1. The second-order valence-electron chi connectivity index (χ2n) is 6.69. The SMILES string of the molecule is N#CC1CCN(S(=O)(=O)c2ccc(CCN3CCCC3=O)cc2)CC1. The molecule has 0 aromatic heterocycles. The van der Waals surface area contributed by atoms with E-state index < -0.39 is 10.0 Å². The molecule has 0 N–H and O–H groups in total. The lowest BCUT2D eigenvalue weighted by atomic mass is 10.0. The van der Waals surface area contributed by atoms with Gasteiger partial charge in [-0.05, 0) is 43.4 Å². The van der Waals surface area contributed by atoms with E-state index in [-0.39, 0.29) is 11.8 Å². The molecule has 0 aliphatic carbocycles. The molecule has 134 valence electrons. The summed E-state index contributed by atoms with van der Waals surface area (Å²) in [5, 5.41) is 8.93. The fourth-order valence-corrected chi connectivity index (χ4v) is 4.88. The van der Waals surface area contributed by atoms with E-state index in [1.165, 1.54) is 4.31 Å². The molecule has 0 bridgehead atoms. The van der Waals surface area contributed by atoms with Crippen LogP contribution < -0.4 is 0 Å². The summed E-state index contributed by atoms with van der Waals surface area (Å²) in [4.78, 5) is 13.8. The highest BCUT2D eigenvalue weighted by Gasteiger charge is 2.29. The molecule has 2 saturated heterocycles. The van der Waals surface area contributed by atoms with E-state index in [0.717, 1.165) is 24.9 Å². The molecule has 1 aromatic carbocycles. The molecule has 0 atom stereocenters. The number of hydrogen-bond acceptors (Lipinski definition) is 4. The van der Waals surface area contributed by atoms with Crippen molar-refractivity contribution in [3.63, 3.8) is 0 Å². The van der Waals surface area contributed by atoms with Crippen molar-refractivity contribution < 1.29 is 13.2 Å². The molecule has 0 spiro atoms. The van der Waals surface area contributed by atoms with Crippen LogP contribution in [0.1, 0.15) is 31.2 Å². The zero-order valence-electron chi connectivity index (χ0n) is 14.2. The lowest BCUT2D eigenvalue weighted by molar-refractivity contribution is -0.127. The van der Waals surface area contributed by atoms with Crippen molar-refractivity contribution in [1.29, 1.82) is 5.26 Å². The molecular weight excluding hydrogens is 338 g/mol. The lowest BCUT2D eigenvalue weighted by Crippen LogP contribution is -2.38. The Morgan fingerprint density at radius 2 is 1.80 bits per heavy atom. The number of rotatable bonds is 5. The Hall–Kier alpha value is -1.91. The first kappa shape index (κ1) is 17.9. The van der Waals surface area contributed by atoms with Crippen LogP contribution in [0.15, 0.2) is 29.2 Å². The van der Waals surface area contributed by atoms with E-state index >= 15 is 0 Å². The number of hydrogen-bond donors (Lipinski definition) is 0. The molecule has 7 heteroatoms. The molecule has 2 heterocycles. The quantitative estimate of drug-likeness (QED) is 0.800. The molecule has 2 aliphatic heterocycles. The lowest BCUT2D eigenvalue weighted by Gasteiger charge is -2.28. The standard InChI is InChI=1S/C18H23N3O3S/c19-14-16-8-12-21(13-9-16)25(23,24)17-5-3-15(4-6-17)7-11-20-10-1-2-18(20)22/h3-6,16H,1-2,7-13H2. The number of sulfonamides is 1. The van der Waals surface area contributed by atoms with Crippen LogP contribution in [-0.2, 0) is 21.2 Å². The third-order valence-electron chi connectivity index (χ3n) is 5.04. The fourth-order valence-electron chi connectivity index (χ4n) is 3.41. The number of nitriles is 1. The van der Waals surface area contributed by atoms with Crippen LogP contribution in [0.4, 0.5) is 0 Å². The van der Waals surface area contributed by atoms with Gasteiger partial charge in [0, 0.05) is 38.5 Å². The van der Waals surface area contributed by atoms with Crippen LogP contribution in [-0.4, -0.2) is 49.7 Å². The van der Waals surface area contributed by atoms with Crippen LogP contribution in [0.2, 0.25) is 0 Å². The van der Waals surface area contributed by atoms with Gasteiger partial charge in [0.05, 0.1) is 11.0 Å². The number of benzene rings is 1. The number of likely N-dealkylation sites (tertiary alicyclic amines) is 1. The van der Waals surface area contributed by atoms with E-state index in [9.17, 15) is 13.2 Å². The van der Waals surface area contributed by atoms with Crippen molar-refractivity contribution in [3.05, 3.63) is 29.8 Å². The van der Waals surface area contributed by atoms with E-state index in [4.69, 9.17) is 5.26 Å². The Balaban J connectivity index is 1.61. The maximum atomic E-state index is 12.7. The van der Waals surface area contributed by atoms with E-state index in [1.807, 2.05) is 17.0 Å². The maximum Gasteiger partial charge on any atom is 0.243 e. The van der Waals surface area contributed by atoms with Crippen LogP contribution in [0.3, 0.4) is 0 Å². The Morgan fingerprint density at radius 1 is 1.12 bits per heavy atom. The third kappa shape index (κ3) is 4.02. The Morgan fingerprint density at radius 3 is 2.36 bits per heavy atom. The monoisotopic (exact) mass is 361 g/mol. The Bertz CT molecular complexity index is 760. The van der Waals surface area contributed by atoms with Gasteiger partial charge in [-0.1, -0.05) is 12.1 Å². The van der Waals surface area contributed by atoms with Crippen molar-refractivity contribution in [1.82, 2.24) is 9.21 Å². The van der Waals surface area contributed by atoms with Gasteiger partial charge in [-0.3, -0.25) is 4.79 Å². The average Bonchev–Trinajstić information content (AvgIpc) is 3.05. The average molecular weight is 361 g/mol. The topological polar surface area (TPSA) is 81.5 Å². The van der Waals surface area contributed by atoms with Crippen LogP contribution in [0.5, 0.6) is 0 Å². The minimum Gasteiger partial charge on any atom is -0.342 e. The molecule has 2 fully saturated rings. The van der Waals surface area contributed by atoms with Gasteiger partial charge in [0.15, 0.2) is 0 Å². The highest BCUT2D eigenvalue weighted by molar-refractivity contribution is 7.89. The van der Waals surface area contributed by atoms with Gasteiger partial charge in [0.25, 0.3) is 0 Å². The number of nitrogens with zero attached hydrogens (tertiary/aromatic N) is 3. The van der Waals surface area contributed by atoms with Crippen molar-refractivity contribution in [3.8, 4) is 6.07 Å². The van der Waals surface area contributed by atoms with Gasteiger partial charge in [-0.25, -0.2) is 8.42 Å². The minimum absolute atomic E-state index is 0.0397. The molecule has 0 saturated carbocycles. The molecule has 0 unspecified atom stereocenters. The van der Waals surface area contributed by atoms with Crippen LogP contribution in [0, 0.1) is 17.2 Å². The number of carbonyl (C=O) groups is 1. The summed E-state index contributed by atoms with van der Waals surface area (Å²) in [6, 6.07) is 9.16.